The standard InChI is InChI=1S/C16H26BrN3/c1-3-6-18-12-14-4-5-15(16(17)11-14)13-20-9-7-19(2)8-10-20/h4-5,11,18H,3,6-10,12-13H2,1-2H3. The first-order valence-corrected chi connectivity index (χ1v) is 8.37. The van der Waals surface area contributed by atoms with Crippen molar-refractivity contribution in [2.45, 2.75) is 26.4 Å². The lowest BCUT2D eigenvalue weighted by molar-refractivity contribution is 0.148. The van der Waals surface area contributed by atoms with Crippen molar-refractivity contribution in [2.24, 2.45) is 0 Å². The molecule has 0 spiro atoms. The van der Waals surface area contributed by atoms with E-state index in [1.807, 2.05) is 0 Å². The molecular weight excluding hydrogens is 314 g/mol. The molecule has 0 unspecified atom stereocenters. The summed E-state index contributed by atoms with van der Waals surface area (Å²) in [6, 6.07) is 6.78. The molecule has 20 heavy (non-hydrogen) atoms. The fourth-order valence-corrected chi connectivity index (χ4v) is 3.04. The van der Waals surface area contributed by atoms with E-state index in [1.54, 1.807) is 0 Å². The molecule has 1 aromatic rings. The maximum Gasteiger partial charge on any atom is 0.0246 e. The molecule has 1 aliphatic rings. The van der Waals surface area contributed by atoms with Gasteiger partial charge in [-0.2, -0.15) is 0 Å². The van der Waals surface area contributed by atoms with E-state index in [1.165, 1.54) is 48.2 Å². The topological polar surface area (TPSA) is 18.5 Å². The molecule has 0 radical (unpaired) electrons. The first kappa shape index (κ1) is 16.0. The Kier molecular flexibility index (Phi) is 6.49. The molecule has 1 fully saturated rings. The van der Waals surface area contributed by atoms with Gasteiger partial charge in [0.25, 0.3) is 0 Å². The van der Waals surface area contributed by atoms with Crippen LogP contribution in [0.15, 0.2) is 22.7 Å². The minimum Gasteiger partial charge on any atom is -0.313 e. The van der Waals surface area contributed by atoms with E-state index in [9.17, 15) is 0 Å². The summed E-state index contributed by atoms with van der Waals surface area (Å²) in [5.74, 6) is 0. The van der Waals surface area contributed by atoms with Gasteiger partial charge in [0.1, 0.15) is 0 Å². The third-order valence-corrected chi connectivity index (χ3v) is 4.60. The van der Waals surface area contributed by atoms with Crippen molar-refractivity contribution in [1.29, 1.82) is 0 Å². The van der Waals surface area contributed by atoms with Crippen molar-refractivity contribution >= 4 is 15.9 Å². The number of piperazine rings is 1. The van der Waals surface area contributed by atoms with Gasteiger partial charge in [0.2, 0.25) is 0 Å². The lowest BCUT2D eigenvalue weighted by Crippen LogP contribution is -2.43. The van der Waals surface area contributed by atoms with Crippen LogP contribution in [0.4, 0.5) is 0 Å². The summed E-state index contributed by atoms with van der Waals surface area (Å²) in [5, 5.41) is 3.45. The Balaban J connectivity index is 1.88. The highest BCUT2D eigenvalue weighted by atomic mass is 79.9. The lowest BCUT2D eigenvalue weighted by atomic mass is 10.1. The monoisotopic (exact) mass is 339 g/mol. The van der Waals surface area contributed by atoms with Gasteiger partial charge in [0, 0.05) is 43.7 Å². The van der Waals surface area contributed by atoms with Gasteiger partial charge in [0.15, 0.2) is 0 Å². The Hall–Kier alpha value is -0.420. The zero-order valence-corrected chi connectivity index (χ0v) is 14.2. The van der Waals surface area contributed by atoms with Crippen LogP contribution in [0.25, 0.3) is 0 Å². The van der Waals surface area contributed by atoms with E-state index in [4.69, 9.17) is 0 Å². The fourth-order valence-electron chi connectivity index (χ4n) is 2.49. The molecule has 0 bridgehead atoms. The second-order valence-electron chi connectivity index (χ2n) is 5.68. The van der Waals surface area contributed by atoms with Crippen LogP contribution in [0.1, 0.15) is 24.5 Å². The number of benzene rings is 1. The van der Waals surface area contributed by atoms with Gasteiger partial charge >= 0.3 is 0 Å². The maximum absolute atomic E-state index is 3.73. The third kappa shape index (κ3) is 4.85. The molecule has 1 N–H and O–H groups in total. The number of hydrogen-bond acceptors (Lipinski definition) is 3. The van der Waals surface area contributed by atoms with Crippen molar-refractivity contribution in [1.82, 2.24) is 15.1 Å². The molecule has 2 rings (SSSR count). The Labute approximate surface area is 131 Å². The van der Waals surface area contributed by atoms with Gasteiger partial charge < -0.3 is 10.2 Å². The smallest absolute Gasteiger partial charge is 0.0246 e. The van der Waals surface area contributed by atoms with Crippen molar-refractivity contribution in [3.8, 4) is 0 Å². The first-order chi connectivity index (χ1) is 9.69. The van der Waals surface area contributed by atoms with Gasteiger partial charge in [-0.25, -0.2) is 0 Å². The molecule has 0 aromatic heterocycles. The van der Waals surface area contributed by atoms with Gasteiger partial charge in [-0.05, 0) is 37.2 Å². The molecule has 0 atom stereocenters. The summed E-state index contributed by atoms with van der Waals surface area (Å²) in [6.45, 7) is 9.99. The molecule has 112 valence electrons. The maximum atomic E-state index is 3.73. The van der Waals surface area contributed by atoms with Crippen LogP contribution in [0.5, 0.6) is 0 Å². The average Bonchev–Trinajstić information content (AvgIpc) is 2.44. The molecule has 1 heterocycles. The molecule has 0 aliphatic carbocycles. The zero-order chi connectivity index (χ0) is 14.4. The van der Waals surface area contributed by atoms with E-state index in [2.05, 4.69) is 63.2 Å². The average molecular weight is 340 g/mol. The van der Waals surface area contributed by atoms with E-state index < -0.39 is 0 Å². The second kappa shape index (κ2) is 8.13. The Morgan fingerprint density at radius 1 is 1.20 bits per heavy atom. The molecule has 4 heteroatoms. The summed E-state index contributed by atoms with van der Waals surface area (Å²) in [6.07, 6.45) is 1.18. The number of likely N-dealkylation sites (N-methyl/N-ethyl adjacent to an activating group) is 1. The SMILES string of the molecule is CCCNCc1ccc(CN2CCN(C)CC2)c(Br)c1. The van der Waals surface area contributed by atoms with Gasteiger partial charge in [-0.15, -0.1) is 0 Å². The van der Waals surface area contributed by atoms with Crippen LogP contribution < -0.4 is 5.32 Å². The van der Waals surface area contributed by atoms with Crippen LogP contribution in [0.3, 0.4) is 0 Å². The lowest BCUT2D eigenvalue weighted by Gasteiger charge is -2.32. The summed E-state index contributed by atoms with van der Waals surface area (Å²) in [7, 11) is 2.20. The zero-order valence-electron chi connectivity index (χ0n) is 12.7. The Morgan fingerprint density at radius 2 is 1.95 bits per heavy atom. The summed E-state index contributed by atoms with van der Waals surface area (Å²) in [4.78, 5) is 4.93. The molecule has 0 saturated carbocycles. The van der Waals surface area contributed by atoms with E-state index in [0.29, 0.717) is 0 Å². The van der Waals surface area contributed by atoms with Gasteiger partial charge in [-0.3, -0.25) is 4.90 Å². The number of nitrogens with one attached hydrogen (secondary N) is 1. The summed E-state index contributed by atoms with van der Waals surface area (Å²) < 4.78 is 1.24. The minimum atomic E-state index is 0.960. The molecule has 3 nitrogen and oxygen atoms in total. The predicted octanol–water partition coefficient (Wildman–Crippen LogP) is 2.70. The molecular formula is C16H26BrN3. The van der Waals surface area contributed by atoms with Gasteiger partial charge in [-0.1, -0.05) is 35.0 Å². The summed E-state index contributed by atoms with van der Waals surface area (Å²) in [5.41, 5.74) is 2.75. The van der Waals surface area contributed by atoms with Gasteiger partial charge in [0.05, 0.1) is 0 Å². The first-order valence-electron chi connectivity index (χ1n) is 7.58. The van der Waals surface area contributed by atoms with Crippen LogP contribution in [-0.4, -0.2) is 49.6 Å². The largest absolute Gasteiger partial charge is 0.313 e. The Morgan fingerprint density at radius 3 is 2.60 bits per heavy atom. The van der Waals surface area contributed by atoms with Crippen molar-refractivity contribution < 1.29 is 0 Å². The van der Waals surface area contributed by atoms with Crippen LogP contribution in [0, 0.1) is 0 Å². The van der Waals surface area contributed by atoms with E-state index in [-0.39, 0.29) is 0 Å². The molecule has 1 aromatic carbocycles. The minimum absolute atomic E-state index is 0.960. The molecule has 1 saturated heterocycles. The number of hydrogen-bond donors (Lipinski definition) is 1. The van der Waals surface area contributed by atoms with Crippen LogP contribution in [-0.2, 0) is 13.1 Å². The van der Waals surface area contributed by atoms with Crippen LogP contribution in [0.2, 0.25) is 0 Å². The molecule has 0 amide bonds. The highest BCUT2D eigenvalue weighted by Crippen LogP contribution is 2.21. The van der Waals surface area contributed by atoms with Crippen molar-refractivity contribution in [2.75, 3.05) is 39.8 Å². The fraction of sp³-hybridized carbons (Fsp3) is 0.625. The van der Waals surface area contributed by atoms with E-state index in [0.717, 1.165) is 19.6 Å². The quantitative estimate of drug-likeness (QED) is 0.804. The Bertz CT molecular complexity index is 414. The highest BCUT2D eigenvalue weighted by Gasteiger charge is 2.14. The number of rotatable bonds is 6. The highest BCUT2D eigenvalue weighted by molar-refractivity contribution is 9.10. The van der Waals surface area contributed by atoms with Crippen molar-refractivity contribution in [3.05, 3.63) is 33.8 Å². The van der Waals surface area contributed by atoms with E-state index >= 15 is 0 Å². The third-order valence-electron chi connectivity index (χ3n) is 3.86. The summed E-state index contributed by atoms with van der Waals surface area (Å²) >= 11 is 3.73. The number of nitrogens with zero attached hydrogens (tertiary/aromatic N) is 2. The van der Waals surface area contributed by atoms with Crippen molar-refractivity contribution in [3.63, 3.8) is 0 Å². The normalized spacial score (nSPS) is 17.6. The predicted molar refractivity (Wildman–Crippen MR) is 88.9 cm³/mol. The number of halogens is 1. The second-order valence-corrected chi connectivity index (χ2v) is 6.54. The molecule has 1 aliphatic heterocycles. The van der Waals surface area contributed by atoms with Crippen LogP contribution >= 0.6 is 15.9 Å².